The minimum Gasteiger partial charge on any atom is -0.396 e. The number of hydrogen-bond acceptors (Lipinski definition) is 3. The molecule has 0 saturated carbocycles. The fraction of sp³-hybridized carbons (Fsp3) is 0.467. The van der Waals surface area contributed by atoms with Crippen LogP contribution in [0, 0.1) is 5.92 Å². The average Bonchev–Trinajstić information content (AvgIpc) is 2.39. The first-order valence-electron chi connectivity index (χ1n) is 6.22. The Balaban J connectivity index is 2.33. The van der Waals surface area contributed by atoms with Crippen LogP contribution < -0.4 is 0 Å². The van der Waals surface area contributed by atoms with Gasteiger partial charge in [-0.3, -0.25) is 0 Å². The molecule has 0 amide bonds. The second-order valence-corrected chi connectivity index (χ2v) is 4.59. The lowest BCUT2D eigenvalue weighted by molar-refractivity contribution is 0.0449. The molecule has 0 heterocycles. The predicted molar refractivity (Wildman–Crippen MR) is 72.1 cm³/mol. The van der Waals surface area contributed by atoms with E-state index in [1.807, 2.05) is 50.3 Å². The van der Waals surface area contributed by atoms with Gasteiger partial charge in [0.2, 0.25) is 0 Å². The lowest BCUT2D eigenvalue weighted by Crippen LogP contribution is -2.17. The molecule has 0 spiro atoms. The summed E-state index contributed by atoms with van der Waals surface area (Å²) in [5.41, 5.74) is 1.93. The smallest absolute Gasteiger partial charge is 0.0981 e. The van der Waals surface area contributed by atoms with Crippen LogP contribution in [0.25, 0.3) is 0 Å². The number of aliphatic hydroxyl groups is 2. The number of aliphatic hydroxyl groups excluding tert-OH is 2. The SMILES string of the molecule is C/C(=C/[C@H](C)CO)[C@H](O)COCc1ccccc1. The van der Waals surface area contributed by atoms with Crippen molar-refractivity contribution in [3.05, 3.63) is 47.5 Å². The van der Waals surface area contributed by atoms with Crippen LogP contribution in [0.15, 0.2) is 42.0 Å². The van der Waals surface area contributed by atoms with E-state index in [0.29, 0.717) is 6.61 Å². The third-order valence-electron chi connectivity index (χ3n) is 2.75. The molecule has 0 radical (unpaired) electrons. The Kier molecular flexibility index (Phi) is 6.65. The van der Waals surface area contributed by atoms with Gasteiger partial charge < -0.3 is 14.9 Å². The van der Waals surface area contributed by atoms with Gasteiger partial charge in [0.25, 0.3) is 0 Å². The summed E-state index contributed by atoms with van der Waals surface area (Å²) in [4.78, 5) is 0. The van der Waals surface area contributed by atoms with Crippen LogP contribution in [0.2, 0.25) is 0 Å². The monoisotopic (exact) mass is 250 g/mol. The molecule has 2 N–H and O–H groups in total. The largest absolute Gasteiger partial charge is 0.396 e. The van der Waals surface area contributed by atoms with Gasteiger partial charge in [-0.2, -0.15) is 0 Å². The van der Waals surface area contributed by atoms with Gasteiger partial charge in [0, 0.05) is 6.61 Å². The van der Waals surface area contributed by atoms with E-state index in [4.69, 9.17) is 9.84 Å². The highest BCUT2D eigenvalue weighted by atomic mass is 16.5. The molecule has 18 heavy (non-hydrogen) atoms. The Hall–Kier alpha value is -1.16. The summed E-state index contributed by atoms with van der Waals surface area (Å²) in [6, 6.07) is 9.86. The van der Waals surface area contributed by atoms with Crippen molar-refractivity contribution < 1.29 is 14.9 Å². The highest BCUT2D eigenvalue weighted by Crippen LogP contribution is 2.08. The molecular weight excluding hydrogens is 228 g/mol. The lowest BCUT2D eigenvalue weighted by Gasteiger charge is -2.13. The number of benzene rings is 1. The molecule has 0 bridgehead atoms. The zero-order chi connectivity index (χ0) is 13.4. The van der Waals surface area contributed by atoms with E-state index in [-0.39, 0.29) is 19.1 Å². The average molecular weight is 250 g/mol. The fourth-order valence-electron chi connectivity index (χ4n) is 1.61. The Labute approximate surface area is 109 Å². The molecule has 2 atom stereocenters. The Bertz CT molecular complexity index is 359. The van der Waals surface area contributed by atoms with Crippen molar-refractivity contribution in [1.29, 1.82) is 0 Å². The van der Waals surface area contributed by atoms with E-state index in [2.05, 4.69) is 0 Å². The van der Waals surface area contributed by atoms with Crippen molar-refractivity contribution in [3.63, 3.8) is 0 Å². The van der Waals surface area contributed by atoms with Gasteiger partial charge in [-0.25, -0.2) is 0 Å². The van der Waals surface area contributed by atoms with E-state index in [1.54, 1.807) is 0 Å². The second kappa shape index (κ2) is 8.03. The van der Waals surface area contributed by atoms with Crippen LogP contribution in [-0.4, -0.2) is 29.5 Å². The highest BCUT2D eigenvalue weighted by molar-refractivity contribution is 5.13. The van der Waals surface area contributed by atoms with Gasteiger partial charge >= 0.3 is 0 Å². The van der Waals surface area contributed by atoms with E-state index in [1.165, 1.54) is 0 Å². The summed E-state index contributed by atoms with van der Waals surface area (Å²) in [6.07, 6.45) is 1.26. The molecule has 1 aromatic carbocycles. The van der Waals surface area contributed by atoms with Crippen LogP contribution in [-0.2, 0) is 11.3 Å². The quantitative estimate of drug-likeness (QED) is 0.729. The summed E-state index contributed by atoms with van der Waals surface area (Å²) >= 11 is 0. The van der Waals surface area contributed by atoms with Crippen LogP contribution in [0.5, 0.6) is 0 Å². The van der Waals surface area contributed by atoms with E-state index >= 15 is 0 Å². The second-order valence-electron chi connectivity index (χ2n) is 4.59. The minimum absolute atomic E-state index is 0.0637. The maximum Gasteiger partial charge on any atom is 0.0981 e. The van der Waals surface area contributed by atoms with Gasteiger partial charge in [0.05, 0.1) is 19.3 Å². The first-order chi connectivity index (χ1) is 8.63. The molecule has 3 nitrogen and oxygen atoms in total. The molecular formula is C15H22O3. The Morgan fingerprint density at radius 1 is 1.33 bits per heavy atom. The van der Waals surface area contributed by atoms with E-state index < -0.39 is 6.10 Å². The molecule has 0 fully saturated rings. The molecule has 0 saturated heterocycles. The van der Waals surface area contributed by atoms with Crippen molar-refractivity contribution in [3.8, 4) is 0 Å². The van der Waals surface area contributed by atoms with Gasteiger partial charge in [-0.15, -0.1) is 0 Å². The Morgan fingerprint density at radius 3 is 2.61 bits per heavy atom. The lowest BCUT2D eigenvalue weighted by atomic mass is 10.1. The van der Waals surface area contributed by atoms with Crippen molar-refractivity contribution in [1.82, 2.24) is 0 Å². The molecule has 0 aromatic heterocycles. The van der Waals surface area contributed by atoms with Crippen LogP contribution >= 0.6 is 0 Å². The van der Waals surface area contributed by atoms with E-state index in [9.17, 15) is 5.11 Å². The van der Waals surface area contributed by atoms with Gasteiger partial charge in [-0.1, -0.05) is 43.3 Å². The van der Waals surface area contributed by atoms with Crippen molar-refractivity contribution in [2.24, 2.45) is 5.92 Å². The zero-order valence-electron chi connectivity index (χ0n) is 11.0. The van der Waals surface area contributed by atoms with Crippen molar-refractivity contribution in [2.45, 2.75) is 26.6 Å². The summed E-state index contributed by atoms with van der Waals surface area (Å²) in [5.74, 6) is 0.0637. The van der Waals surface area contributed by atoms with Gasteiger partial charge in [-0.05, 0) is 24.0 Å². The first kappa shape index (κ1) is 14.9. The van der Waals surface area contributed by atoms with Crippen LogP contribution in [0.1, 0.15) is 19.4 Å². The topological polar surface area (TPSA) is 49.7 Å². The normalized spacial score (nSPS) is 15.4. The fourth-order valence-corrected chi connectivity index (χ4v) is 1.61. The maximum atomic E-state index is 9.87. The third kappa shape index (κ3) is 5.45. The summed E-state index contributed by atoms with van der Waals surface area (Å²) in [7, 11) is 0. The van der Waals surface area contributed by atoms with Crippen molar-refractivity contribution >= 4 is 0 Å². The standard InChI is InChI=1S/C15H22O3/c1-12(9-16)8-13(2)15(17)11-18-10-14-6-4-3-5-7-14/h3-8,12,15-17H,9-11H2,1-2H3/b13-8-/t12-,15+/m0/s1. The number of ether oxygens (including phenoxy) is 1. The molecule has 1 aromatic rings. The predicted octanol–water partition coefficient (Wildman–Crippen LogP) is 2.14. The number of hydrogen-bond donors (Lipinski definition) is 2. The molecule has 0 aliphatic rings. The van der Waals surface area contributed by atoms with Gasteiger partial charge in [0.1, 0.15) is 0 Å². The molecule has 0 unspecified atom stereocenters. The number of rotatable bonds is 7. The zero-order valence-corrected chi connectivity index (χ0v) is 11.0. The molecule has 3 heteroatoms. The first-order valence-corrected chi connectivity index (χ1v) is 6.22. The van der Waals surface area contributed by atoms with Crippen molar-refractivity contribution in [2.75, 3.05) is 13.2 Å². The Morgan fingerprint density at radius 2 is 2.00 bits per heavy atom. The summed E-state index contributed by atoms with van der Waals surface area (Å²) in [6.45, 7) is 4.62. The van der Waals surface area contributed by atoms with E-state index in [0.717, 1.165) is 11.1 Å². The molecule has 0 aliphatic carbocycles. The van der Waals surface area contributed by atoms with Crippen LogP contribution in [0.3, 0.4) is 0 Å². The maximum absolute atomic E-state index is 9.87. The molecule has 0 aliphatic heterocycles. The highest BCUT2D eigenvalue weighted by Gasteiger charge is 2.08. The van der Waals surface area contributed by atoms with Gasteiger partial charge in [0.15, 0.2) is 0 Å². The summed E-state index contributed by atoms with van der Waals surface area (Å²) in [5, 5.41) is 18.8. The molecule has 1 rings (SSSR count). The van der Waals surface area contributed by atoms with Crippen LogP contribution in [0.4, 0.5) is 0 Å². The molecule has 100 valence electrons. The third-order valence-corrected chi connectivity index (χ3v) is 2.75. The minimum atomic E-state index is -0.609. The summed E-state index contributed by atoms with van der Waals surface area (Å²) < 4.78 is 5.46.